The van der Waals surface area contributed by atoms with Gasteiger partial charge in [-0.15, -0.1) is 22.6 Å². The van der Waals surface area contributed by atoms with Crippen molar-refractivity contribution in [2.75, 3.05) is 6.54 Å². The molecule has 3 heterocycles. The zero-order valence-electron chi connectivity index (χ0n) is 9.27. The molecule has 0 spiro atoms. The van der Waals surface area contributed by atoms with Gasteiger partial charge in [0.2, 0.25) is 0 Å². The van der Waals surface area contributed by atoms with E-state index in [-0.39, 0.29) is 12.4 Å². The minimum atomic E-state index is 0. The maximum Gasteiger partial charge on any atom is 0.162 e. The van der Waals surface area contributed by atoms with E-state index in [9.17, 15) is 0 Å². The van der Waals surface area contributed by atoms with Crippen LogP contribution < -0.4 is 5.32 Å². The van der Waals surface area contributed by atoms with Gasteiger partial charge < -0.3 is 9.88 Å². The highest BCUT2D eigenvalue weighted by Crippen LogP contribution is 2.17. The highest BCUT2D eigenvalue weighted by Gasteiger charge is 2.15. The lowest BCUT2D eigenvalue weighted by Crippen LogP contribution is -2.26. The van der Waals surface area contributed by atoms with Gasteiger partial charge in [-0.3, -0.25) is 0 Å². The normalized spacial score (nSPS) is 19.5. The maximum atomic E-state index is 5.80. The van der Waals surface area contributed by atoms with E-state index >= 15 is 0 Å². The van der Waals surface area contributed by atoms with Gasteiger partial charge in [0, 0.05) is 24.2 Å². The second kappa shape index (κ2) is 5.21. The first-order valence-electron chi connectivity index (χ1n) is 5.54. The Kier molecular flexibility index (Phi) is 3.86. The molecule has 0 bridgehead atoms. The molecule has 1 atom stereocenters. The molecule has 0 aliphatic carbocycles. The summed E-state index contributed by atoms with van der Waals surface area (Å²) in [5.74, 6) is 0. The number of rotatable bonds is 2. The van der Waals surface area contributed by atoms with Crippen LogP contribution in [0.5, 0.6) is 0 Å². The Labute approximate surface area is 111 Å². The lowest BCUT2D eigenvalue weighted by Gasteiger charge is -2.11. The number of halogens is 2. The van der Waals surface area contributed by atoms with Gasteiger partial charge >= 0.3 is 0 Å². The van der Waals surface area contributed by atoms with E-state index in [2.05, 4.69) is 26.3 Å². The number of nitrogens with one attached hydrogen (secondary N) is 1. The fraction of sp³-hybridized carbons (Fsp3) is 0.455. The summed E-state index contributed by atoms with van der Waals surface area (Å²) in [6.07, 6.45) is 4.55. The van der Waals surface area contributed by atoms with Crippen molar-refractivity contribution >= 4 is 35.0 Å². The Balaban J connectivity index is 0.00000108. The molecule has 1 aliphatic rings. The van der Waals surface area contributed by atoms with E-state index < -0.39 is 0 Å². The van der Waals surface area contributed by atoms with Crippen molar-refractivity contribution in [3.8, 4) is 0 Å². The summed E-state index contributed by atoms with van der Waals surface area (Å²) < 4.78 is 2.14. The van der Waals surface area contributed by atoms with Gasteiger partial charge in [-0.25, -0.2) is 0 Å². The topological polar surface area (TPSA) is 42.7 Å². The van der Waals surface area contributed by atoms with Crippen LogP contribution in [0.4, 0.5) is 0 Å². The Morgan fingerprint density at radius 2 is 2.35 bits per heavy atom. The molecule has 0 aromatic carbocycles. The van der Waals surface area contributed by atoms with Crippen LogP contribution in [-0.4, -0.2) is 27.4 Å². The van der Waals surface area contributed by atoms with E-state index in [0.29, 0.717) is 11.2 Å². The largest absolute Gasteiger partial charge is 0.329 e. The molecule has 0 amide bonds. The van der Waals surface area contributed by atoms with Crippen molar-refractivity contribution in [3.63, 3.8) is 0 Å². The molecule has 0 radical (unpaired) electrons. The molecule has 1 N–H and O–H groups in total. The highest BCUT2D eigenvalue weighted by atomic mass is 35.5. The van der Waals surface area contributed by atoms with Gasteiger partial charge in [0.15, 0.2) is 10.8 Å². The minimum absolute atomic E-state index is 0. The second-order valence-electron chi connectivity index (χ2n) is 4.21. The number of aromatic nitrogens is 3. The number of hydrogen-bond acceptors (Lipinski definition) is 3. The predicted molar refractivity (Wildman–Crippen MR) is 70.8 cm³/mol. The molecule has 2 aromatic heterocycles. The van der Waals surface area contributed by atoms with Gasteiger partial charge in [0.25, 0.3) is 0 Å². The SMILES string of the molecule is Cl.Clc1cc2ccn(CC3CCCN3)c2nn1. The molecule has 4 nitrogen and oxygen atoms in total. The van der Waals surface area contributed by atoms with E-state index in [0.717, 1.165) is 24.1 Å². The Hall–Kier alpha value is -0.840. The van der Waals surface area contributed by atoms with Crippen LogP contribution >= 0.6 is 24.0 Å². The monoisotopic (exact) mass is 272 g/mol. The van der Waals surface area contributed by atoms with Crippen molar-refractivity contribution in [2.24, 2.45) is 0 Å². The van der Waals surface area contributed by atoms with E-state index in [1.807, 2.05) is 12.1 Å². The molecule has 1 aliphatic heterocycles. The summed E-state index contributed by atoms with van der Waals surface area (Å²) in [7, 11) is 0. The summed E-state index contributed by atoms with van der Waals surface area (Å²) in [6.45, 7) is 2.08. The van der Waals surface area contributed by atoms with Gasteiger partial charge in [-0.1, -0.05) is 11.6 Å². The Morgan fingerprint density at radius 1 is 1.47 bits per heavy atom. The number of hydrogen-bond donors (Lipinski definition) is 1. The summed E-state index contributed by atoms with van der Waals surface area (Å²) in [6, 6.07) is 4.45. The summed E-state index contributed by atoms with van der Waals surface area (Å²) >= 11 is 5.80. The molecule has 92 valence electrons. The molecule has 1 saturated heterocycles. The first-order chi connectivity index (χ1) is 7.83. The third kappa shape index (κ3) is 2.54. The van der Waals surface area contributed by atoms with Crippen molar-refractivity contribution in [1.82, 2.24) is 20.1 Å². The second-order valence-corrected chi connectivity index (χ2v) is 4.59. The fourth-order valence-corrected chi connectivity index (χ4v) is 2.41. The fourth-order valence-electron chi connectivity index (χ4n) is 2.26. The Morgan fingerprint density at radius 3 is 3.12 bits per heavy atom. The maximum absolute atomic E-state index is 5.80. The van der Waals surface area contributed by atoms with E-state index in [1.165, 1.54) is 12.8 Å². The average Bonchev–Trinajstić information content (AvgIpc) is 2.89. The molecule has 1 fully saturated rings. The Bertz CT molecular complexity index is 505. The zero-order chi connectivity index (χ0) is 11.0. The molecule has 6 heteroatoms. The van der Waals surface area contributed by atoms with Crippen molar-refractivity contribution < 1.29 is 0 Å². The molecule has 17 heavy (non-hydrogen) atoms. The summed E-state index contributed by atoms with van der Waals surface area (Å²) in [5.41, 5.74) is 0.915. The quantitative estimate of drug-likeness (QED) is 0.912. The number of nitrogens with zero attached hydrogens (tertiary/aromatic N) is 3. The van der Waals surface area contributed by atoms with Crippen LogP contribution in [0.15, 0.2) is 18.3 Å². The van der Waals surface area contributed by atoms with Gasteiger partial charge in [-0.2, -0.15) is 0 Å². The predicted octanol–water partition coefficient (Wildman–Crippen LogP) is 2.26. The molecule has 3 rings (SSSR count). The smallest absolute Gasteiger partial charge is 0.162 e. The summed E-state index contributed by atoms with van der Waals surface area (Å²) in [5, 5.41) is 13.0. The minimum Gasteiger partial charge on any atom is -0.329 e. The van der Waals surface area contributed by atoms with E-state index in [4.69, 9.17) is 11.6 Å². The summed E-state index contributed by atoms with van der Waals surface area (Å²) in [4.78, 5) is 0. The third-order valence-electron chi connectivity index (χ3n) is 3.06. The first-order valence-corrected chi connectivity index (χ1v) is 5.92. The third-order valence-corrected chi connectivity index (χ3v) is 3.24. The van der Waals surface area contributed by atoms with Crippen LogP contribution in [-0.2, 0) is 6.54 Å². The lowest BCUT2D eigenvalue weighted by molar-refractivity contribution is 0.516. The van der Waals surface area contributed by atoms with Crippen molar-refractivity contribution in [3.05, 3.63) is 23.5 Å². The average molecular weight is 273 g/mol. The molecule has 2 aromatic rings. The highest BCUT2D eigenvalue weighted by molar-refractivity contribution is 6.29. The van der Waals surface area contributed by atoms with Gasteiger partial charge in [0.05, 0.1) is 0 Å². The van der Waals surface area contributed by atoms with Gasteiger partial charge in [-0.05, 0) is 31.5 Å². The van der Waals surface area contributed by atoms with E-state index in [1.54, 1.807) is 0 Å². The van der Waals surface area contributed by atoms with Crippen LogP contribution in [0.2, 0.25) is 5.15 Å². The lowest BCUT2D eigenvalue weighted by atomic mass is 10.2. The molecular formula is C11H14Cl2N4. The standard InChI is InChI=1S/C11H13ClN4.ClH/c12-10-6-8-3-5-16(11(8)15-14-10)7-9-2-1-4-13-9;/h3,5-6,9,13H,1-2,4,7H2;1H. The van der Waals surface area contributed by atoms with Crippen molar-refractivity contribution in [2.45, 2.75) is 25.4 Å². The number of fused-ring (bicyclic) bond motifs is 1. The van der Waals surface area contributed by atoms with Crippen molar-refractivity contribution in [1.29, 1.82) is 0 Å². The van der Waals surface area contributed by atoms with Gasteiger partial charge in [0.1, 0.15) is 0 Å². The zero-order valence-corrected chi connectivity index (χ0v) is 10.8. The van der Waals surface area contributed by atoms with Crippen LogP contribution in [0.1, 0.15) is 12.8 Å². The molecule has 1 unspecified atom stereocenters. The molecule has 0 saturated carbocycles. The van der Waals surface area contributed by atoms with Crippen LogP contribution in [0.25, 0.3) is 11.0 Å². The first kappa shape index (κ1) is 12.6. The van der Waals surface area contributed by atoms with Crippen LogP contribution in [0, 0.1) is 0 Å². The molecular weight excluding hydrogens is 259 g/mol. The van der Waals surface area contributed by atoms with Crippen LogP contribution in [0.3, 0.4) is 0 Å².